The van der Waals surface area contributed by atoms with Crippen LogP contribution in [0.25, 0.3) is 0 Å². The fourth-order valence-electron chi connectivity index (χ4n) is 2.67. The Bertz CT molecular complexity index is 362. The second kappa shape index (κ2) is 6.03. The van der Waals surface area contributed by atoms with Crippen molar-refractivity contribution < 1.29 is 14.3 Å². The molecule has 0 aromatic rings. The van der Waals surface area contributed by atoms with Gasteiger partial charge in [-0.1, -0.05) is 31.4 Å². The predicted molar refractivity (Wildman–Crippen MR) is 68.0 cm³/mol. The zero-order valence-electron chi connectivity index (χ0n) is 11.0. The highest BCUT2D eigenvalue weighted by Gasteiger charge is 2.36. The van der Waals surface area contributed by atoms with E-state index in [2.05, 4.69) is 13.0 Å². The number of amides is 2. The van der Waals surface area contributed by atoms with Gasteiger partial charge in [0.1, 0.15) is 6.61 Å². The molecule has 1 atom stereocenters. The summed E-state index contributed by atoms with van der Waals surface area (Å²) in [5.41, 5.74) is 1.23. The highest BCUT2D eigenvalue weighted by Crippen LogP contribution is 2.33. The summed E-state index contributed by atoms with van der Waals surface area (Å²) >= 11 is 0. The van der Waals surface area contributed by atoms with Gasteiger partial charge < -0.3 is 4.74 Å². The van der Waals surface area contributed by atoms with Crippen LogP contribution in [0.4, 0.5) is 4.79 Å². The molecule has 1 aliphatic carbocycles. The smallest absolute Gasteiger partial charge is 0.416 e. The molecule has 0 aromatic carbocycles. The molecule has 1 saturated heterocycles. The summed E-state index contributed by atoms with van der Waals surface area (Å²) < 4.78 is 4.83. The van der Waals surface area contributed by atoms with Crippen LogP contribution in [0.15, 0.2) is 11.6 Å². The number of rotatable bonds is 4. The summed E-state index contributed by atoms with van der Waals surface area (Å²) in [4.78, 5) is 25.0. The summed E-state index contributed by atoms with van der Waals surface area (Å²) in [5.74, 6) is -0.134. The Kier molecular flexibility index (Phi) is 4.39. The summed E-state index contributed by atoms with van der Waals surface area (Å²) in [5, 5.41) is 0. The molecule has 1 saturated carbocycles. The molecular formula is C14H21NO3. The average molecular weight is 251 g/mol. The van der Waals surface area contributed by atoms with E-state index in [-0.39, 0.29) is 11.8 Å². The molecule has 0 N–H and O–H groups in total. The van der Waals surface area contributed by atoms with Gasteiger partial charge in [-0.3, -0.25) is 4.79 Å². The van der Waals surface area contributed by atoms with Crippen LogP contribution in [0.1, 0.15) is 45.4 Å². The predicted octanol–water partition coefficient (Wildman–Crippen LogP) is 2.88. The third kappa shape index (κ3) is 2.74. The third-order valence-corrected chi connectivity index (χ3v) is 3.69. The van der Waals surface area contributed by atoms with Gasteiger partial charge in [0.2, 0.25) is 5.91 Å². The van der Waals surface area contributed by atoms with Crippen LogP contribution in [0.3, 0.4) is 0 Å². The van der Waals surface area contributed by atoms with Gasteiger partial charge >= 0.3 is 6.09 Å². The molecule has 1 unspecified atom stereocenters. The zero-order valence-corrected chi connectivity index (χ0v) is 11.0. The van der Waals surface area contributed by atoms with E-state index in [1.807, 2.05) is 0 Å². The second-order valence-corrected chi connectivity index (χ2v) is 4.97. The molecule has 1 heterocycles. The monoisotopic (exact) mass is 251 g/mol. The standard InChI is InChI=1S/C14H21NO3/c1-2-3-4-6-11-7-5-8-12(11)13(16)15-9-10-18-14(15)17/h6,12H,2-5,7-10H2,1H3/b11-6+. The van der Waals surface area contributed by atoms with Gasteiger partial charge in [0, 0.05) is 0 Å². The van der Waals surface area contributed by atoms with E-state index in [1.165, 1.54) is 16.9 Å². The molecule has 18 heavy (non-hydrogen) atoms. The molecule has 0 aromatic heterocycles. The lowest BCUT2D eigenvalue weighted by Gasteiger charge is -2.17. The van der Waals surface area contributed by atoms with Crippen molar-refractivity contribution in [1.29, 1.82) is 0 Å². The molecular weight excluding hydrogens is 230 g/mol. The van der Waals surface area contributed by atoms with Crippen molar-refractivity contribution in [2.45, 2.75) is 45.4 Å². The van der Waals surface area contributed by atoms with Crippen LogP contribution >= 0.6 is 0 Å². The lowest BCUT2D eigenvalue weighted by atomic mass is 9.99. The molecule has 2 amide bonds. The number of hydrogen-bond donors (Lipinski definition) is 0. The minimum Gasteiger partial charge on any atom is -0.447 e. The Morgan fingerprint density at radius 2 is 2.39 bits per heavy atom. The molecule has 0 bridgehead atoms. The van der Waals surface area contributed by atoms with E-state index in [0.29, 0.717) is 13.2 Å². The van der Waals surface area contributed by atoms with Gasteiger partial charge in [-0.25, -0.2) is 9.69 Å². The highest BCUT2D eigenvalue weighted by molar-refractivity contribution is 5.95. The normalized spacial score (nSPS) is 25.8. The Hall–Kier alpha value is -1.32. The van der Waals surface area contributed by atoms with Gasteiger partial charge in [-0.15, -0.1) is 0 Å². The van der Waals surface area contributed by atoms with Crippen molar-refractivity contribution in [1.82, 2.24) is 4.90 Å². The van der Waals surface area contributed by atoms with E-state index in [0.717, 1.165) is 32.1 Å². The molecule has 100 valence electrons. The maximum atomic E-state index is 12.3. The molecule has 0 radical (unpaired) electrons. The molecule has 2 aliphatic rings. The third-order valence-electron chi connectivity index (χ3n) is 3.69. The minimum absolute atomic E-state index is 0.0576. The lowest BCUT2D eigenvalue weighted by molar-refractivity contribution is -0.130. The maximum absolute atomic E-state index is 12.3. The minimum atomic E-state index is -0.472. The first-order chi connectivity index (χ1) is 8.74. The number of carbonyl (C=O) groups excluding carboxylic acids is 2. The van der Waals surface area contributed by atoms with Crippen LogP contribution in [0, 0.1) is 5.92 Å². The van der Waals surface area contributed by atoms with Crippen molar-refractivity contribution in [2.75, 3.05) is 13.2 Å². The van der Waals surface area contributed by atoms with Crippen LogP contribution in [0.5, 0.6) is 0 Å². The molecule has 4 heteroatoms. The lowest BCUT2D eigenvalue weighted by Crippen LogP contribution is -2.36. The fraction of sp³-hybridized carbons (Fsp3) is 0.714. The number of cyclic esters (lactones) is 1. The van der Waals surface area contributed by atoms with Crippen LogP contribution < -0.4 is 0 Å². The Balaban J connectivity index is 2.00. The molecule has 4 nitrogen and oxygen atoms in total. The first kappa shape index (κ1) is 13.1. The summed E-state index contributed by atoms with van der Waals surface area (Å²) in [6, 6.07) is 0. The Morgan fingerprint density at radius 1 is 1.56 bits per heavy atom. The van der Waals surface area contributed by atoms with E-state index < -0.39 is 6.09 Å². The first-order valence-corrected chi connectivity index (χ1v) is 6.91. The highest BCUT2D eigenvalue weighted by atomic mass is 16.6. The Morgan fingerprint density at radius 3 is 3.06 bits per heavy atom. The molecule has 1 aliphatic heterocycles. The van der Waals surface area contributed by atoms with E-state index >= 15 is 0 Å². The van der Waals surface area contributed by atoms with Gasteiger partial charge in [-0.05, 0) is 25.7 Å². The van der Waals surface area contributed by atoms with E-state index in [9.17, 15) is 9.59 Å². The molecule has 2 fully saturated rings. The van der Waals surface area contributed by atoms with E-state index in [1.54, 1.807) is 0 Å². The zero-order chi connectivity index (χ0) is 13.0. The van der Waals surface area contributed by atoms with Crippen LogP contribution in [0.2, 0.25) is 0 Å². The van der Waals surface area contributed by atoms with Crippen molar-refractivity contribution in [3.05, 3.63) is 11.6 Å². The summed E-state index contributed by atoms with van der Waals surface area (Å²) in [6.45, 7) is 2.92. The summed E-state index contributed by atoms with van der Waals surface area (Å²) in [7, 11) is 0. The first-order valence-electron chi connectivity index (χ1n) is 6.91. The quantitative estimate of drug-likeness (QED) is 0.570. The van der Waals surface area contributed by atoms with Gasteiger partial charge in [0.05, 0.1) is 12.5 Å². The Labute approximate surface area is 108 Å². The van der Waals surface area contributed by atoms with Gasteiger partial charge in [0.15, 0.2) is 0 Å². The number of carbonyl (C=O) groups is 2. The van der Waals surface area contributed by atoms with Crippen LogP contribution in [-0.4, -0.2) is 30.1 Å². The summed E-state index contributed by atoms with van der Waals surface area (Å²) in [6.07, 6.45) is 8.04. The number of allylic oxidation sites excluding steroid dienone is 1. The van der Waals surface area contributed by atoms with Gasteiger partial charge in [0.25, 0.3) is 0 Å². The van der Waals surface area contributed by atoms with Crippen molar-refractivity contribution >= 4 is 12.0 Å². The number of nitrogens with zero attached hydrogens (tertiary/aromatic N) is 1. The van der Waals surface area contributed by atoms with Crippen molar-refractivity contribution in [2.24, 2.45) is 5.92 Å². The van der Waals surface area contributed by atoms with Gasteiger partial charge in [-0.2, -0.15) is 0 Å². The van der Waals surface area contributed by atoms with E-state index in [4.69, 9.17) is 4.74 Å². The number of imide groups is 1. The number of hydrogen-bond acceptors (Lipinski definition) is 3. The number of unbranched alkanes of at least 4 members (excludes halogenated alkanes) is 2. The molecule has 0 spiro atoms. The SMILES string of the molecule is CCCC/C=C1\CCCC1C(=O)N1CCOC1=O. The second-order valence-electron chi connectivity index (χ2n) is 4.97. The van der Waals surface area contributed by atoms with Crippen molar-refractivity contribution in [3.63, 3.8) is 0 Å². The van der Waals surface area contributed by atoms with Crippen molar-refractivity contribution in [3.8, 4) is 0 Å². The number of ether oxygens (including phenoxy) is 1. The molecule has 2 rings (SSSR count). The maximum Gasteiger partial charge on any atom is 0.416 e. The fourth-order valence-corrected chi connectivity index (χ4v) is 2.67. The topological polar surface area (TPSA) is 46.6 Å². The average Bonchev–Trinajstić information content (AvgIpc) is 2.97. The largest absolute Gasteiger partial charge is 0.447 e. The van der Waals surface area contributed by atoms with Crippen LogP contribution in [-0.2, 0) is 9.53 Å².